The molecule has 0 aromatic heterocycles. The van der Waals surface area contributed by atoms with Crippen molar-refractivity contribution in [2.24, 2.45) is 0 Å². The lowest BCUT2D eigenvalue weighted by atomic mass is 10.1. The van der Waals surface area contributed by atoms with Crippen LogP contribution in [0.1, 0.15) is 5.56 Å². The van der Waals surface area contributed by atoms with Crippen LogP contribution in [0.5, 0.6) is 5.75 Å². The van der Waals surface area contributed by atoms with Crippen molar-refractivity contribution in [3.8, 4) is 5.75 Å². The van der Waals surface area contributed by atoms with Crippen molar-refractivity contribution in [2.75, 3.05) is 5.73 Å². The van der Waals surface area contributed by atoms with Crippen LogP contribution in [0.2, 0.25) is 0 Å². The number of fused-ring (bicyclic) bond motifs is 1. The number of anilines is 1. The van der Waals surface area contributed by atoms with Gasteiger partial charge in [0.15, 0.2) is 0 Å². The number of hydrogen-bond acceptors (Lipinski definition) is 2. The summed E-state index contributed by atoms with van der Waals surface area (Å²) in [6.07, 6.45) is 0. The van der Waals surface area contributed by atoms with E-state index < -0.39 is 0 Å². The summed E-state index contributed by atoms with van der Waals surface area (Å²) >= 11 is 3.45. The van der Waals surface area contributed by atoms with Crippen LogP contribution in [0.15, 0.2) is 59.1 Å². The highest BCUT2D eigenvalue weighted by atomic mass is 79.9. The molecule has 0 atom stereocenters. The van der Waals surface area contributed by atoms with Gasteiger partial charge in [-0.3, -0.25) is 0 Å². The van der Waals surface area contributed by atoms with E-state index in [4.69, 9.17) is 10.5 Å². The quantitative estimate of drug-likeness (QED) is 0.685. The highest BCUT2D eigenvalue weighted by Crippen LogP contribution is 2.24. The van der Waals surface area contributed by atoms with Crippen molar-refractivity contribution in [3.05, 3.63) is 70.5 Å². The number of nitrogens with two attached hydrogens (primary N) is 1. The van der Waals surface area contributed by atoms with Gasteiger partial charge in [0.05, 0.1) is 0 Å². The summed E-state index contributed by atoms with van der Waals surface area (Å²) in [5.74, 6) is 0.393. The summed E-state index contributed by atoms with van der Waals surface area (Å²) in [6, 6.07) is 16.3. The number of halogens is 2. The van der Waals surface area contributed by atoms with Crippen LogP contribution in [0.3, 0.4) is 0 Å². The standard InChI is InChI=1S/C17H13BrFNO/c18-14-3-1-13-8-17(4-2-12(13)7-14)21-10-11-5-15(19)9-16(20)6-11/h1-9H,10,20H2. The van der Waals surface area contributed by atoms with Gasteiger partial charge in [-0.2, -0.15) is 0 Å². The average Bonchev–Trinajstić information content (AvgIpc) is 2.44. The number of benzene rings is 3. The molecule has 0 fully saturated rings. The lowest BCUT2D eigenvalue weighted by molar-refractivity contribution is 0.306. The Morgan fingerprint density at radius 2 is 1.71 bits per heavy atom. The van der Waals surface area contributed by atoms with Crippen LogP contribution >= 0.6 is 15.9 Å². The van der Waals surface area contributed by atoms with E-state index in [1.807, 2.05) is 36.4 Å². The minimum Gasteiger partial charge on any atom is -0.489 e. The zero-order valence-electron chi connectivity index (χ0n) is 11.1. The molecule has 3 aromatic rings. The molecule has 3 aromatic carbocycles. The summed E-state index contributed by atoms with van der Waals surface area (Å²) in [5.41, 5.74) is 6.73. The normalized spacial score (nSPS) is 10.8. The van der Waals surface area contributed by atoms with E-state index in [0.717, 1.165) is 21.0 Å². The Morgan fingerprint density at radius 1 is 0.952 bits per heavy atom. The predicted octanol–water partition coefficient (Wildman–Crippen LogP) is 4.90. The first-order valence-electron chi connectivity index (χ1n) is 6.47. The van der Waals surface area contributed by atoms with E-state index in [-0.39, 0.29) is 12.4 Å². The largest absolute Gasteiger partial charge is 0.489 e. The molecular formula is C17H13BrFNO. The van der Waals surface area contributed by atoms with E-state index >= 15 is 0 Å². The number of rotatable bonds is 3. The van der Waals surface area contributed by atoms with Gasteiger partial charge >= 0.3 is 0 Å². The molecule has 106 valence electrons. The highest BCUT2D eigenvalue weighted by Gasteiger charge is 2.02. The van der Waals surface area contributed by atoms with Crippen molar-refractivity contribution in [2.45, 2.75) is 6.61 Å². The summed E-state index contributed by atoms with van der Waals surface area (Å²) in [5, 5.41) is 2.22. The van der Waals surface area contributed by atoms with Gasteiger partial charge in [-0.15, -0.1) is 0 Å². The lowest BCUT2D eigenvalue weighted by Crippen LogP contribution is -1.98. The zero-order valence-corrected chi connectivity index (χ0v) is 12.7. The summed E-state index contributed by atoms with van der Waals surface area (Å²) < 4.78 is 20.0. The van der Waals surface area contributed by atoms with Crippen molar-refractivity contribution in [1.82, 2.24) is 0 Å². The molecule has 0 spiro atoms. The van der Waals surface area contributed by atoms with Gasteiger partial charge in [0.2, 0.25) is 0 Å². The van der Waals surface area contributed by atoms with Crippen LogP contribution in [0, 0.1) is 5.82 Å². The maximum atomic E-state index is 13.3. The number of nitrogen functional groups attached to an aromatic ring is 1. The fourth-order valence-corrected chi connectivity index (χ4v) is 2.59. The number of hydrogen-bond donors (Lipinski definition) is 1. The van der Waals surface area contributed by atoms with Crippen LogP contribution in [-0.4, -0.2) is 0 Å². The van der Waals surface area contributed by atoms with Crippen LogP contribution in [0.25, 0.3) is 10.8 Å². The molecule has 21 heavy (non-hydrogen) atoms. The Morgan fingerprint density at radius 3 is 2.52 bits per heavy atom. The predicted molar refractivity (Wildman–Crippen MR) is 86.8 cm³/mol. The monoisotopic (exact) mass is 345 g/mol. The molecule has 2 nitrogen and oxygen atoms in total. The second kappa shape index (κ2) is 5.74. The van der Waals surface area contributed by atoms with Gasteiger partial charge in [0, 0.05) is 10.2 Å². The molecule has 0 radical (unpaired) electrons. The Kier molecular flexibility index (Phi) is 3.80. The van der Waals surface area contributed by atoms with E-state index in [9.17, 15) is 4.39 Å². The SMILES string of the molecule is Nc1cc(F)cc(COc2ccc3cc(Br)ccc3c2)c1. The molecule has 0 aliphatic rings. The van der Waals surface area contributed by atoms with Crippen molar-refractivity contribution < 1.29 is 9.13 Å². The van der Waals surface area contributed by atoms with Gasteiger partial charge < -0.3 is 10.5 Å². The second-order valence-corrected chi connectivity index (χ2v) is 5.75. The van der Waals surface area contributed by atoms with Crippen molar-refractivity contribution >= 4 is 32.4 Å². The molecule has 0 saturated carbocycles. The minimum atomic E-state index is -0.350. The first kappa shape index (κ1) is 13.9. The van der Waals surface area contributed by atoms with Crippen LogP contribution in [-0.2, 0) is 6.61 Å². The minimum absolute atomic E-state index is 0.282. The smallest absolute Gasteiger partial charge is 0.125 e. The molecule has 0 unspecified atom stereocenters. The molecule has 0 aliphatic carbocycles. The molecule has 0 amide bonds. The van der Waals surface area contributed by atoms with E-state index in [1.54, 1.807) is 6.07 Å². The highest BCUT2D eigenvalue weighted by molar-refractivity contribution is 9.10. The van der Waals surface area contributed by atoms with Crippen molar-refractivity contribution in [3.63, 3.8) is 0 Å². The second-order valence-electron chi connectivity index (χ2n) is 4.83. The van der Waals surface area contributed by atoms with E-state index in [1.165, 1.54) is 12.1 Å². The molecule has 3 rings (SSSR count). The van der Waals surface area contributed by atoms with Crippen molar-refractivity contribution in [1.29, 1.82) is 0 Å². The fraction of sp³-hybridized carbons (Fsp3) is 0.0588. The first-order valence-corrected chi connectivity index (χ1v) is 7.26. The summed E-state index contributed by atoms with van der Waals surface area (Å²) in [6.45, 7) is 0.282. The van der Waals surface area contributed by atoms with E-state index in [0.29, 0.717) is 11.3 Å². The third kappa shape index (κ3) is 3.34. The summed E-state index contributed by atoms with van der Waals surface area (Å²) in [4.78, 5) is 0. The summed E-state index contributed by atoms with van der Waals surface area (Å²) in [7, 11) is 0. The first-order chi connectivity index (χ1) is 10.1. The molecule has 4 heteroatoms. The average molecular weight is 346 g/mol. The maximum absolute atomic E-state index is 13.3. The topological polar surface area (TPSA) is 35.2 Å². The third-order valence-corrected chi connectivity index (χ3v) is 3.65. The zero-order chi connectivity index (χ0) is 14.8. The molecule has 0 saturated heterocycles. The lowest BCUT2D eigenvalue weighted by Gasteiger charge is -2.08. The van der Waals surface area contributed by atoms with E-state index in [2.05, 4.69) is 15.9 Å². The molecule has 0 heterocycles. The Bertz CT molecular complexity index is 784. The Balaban J connectivity index is 1.80. The Labute approximate surface area is 130 Å². The molecule has 0 bridgehead atoms. The molecule has 0 aliphatic heterocycles. The maximum Gasteiger partial charge on any atom is 0.125 e. The van der Waals surface area contributed by atoms with Gasteiger partial charge in [0.1, 0.15) is 18.2 Å². The number of ether oxygens (including phenoxy) is 1. The Hall–Kier alpha value is -2.07. The van der Waals surface area contributed by atoms with Gasteiger partial charge in [0.25, 0.3) is 0 Å². The molecule has 2 N–H and O–H groups in total. The van der Waals surface area contributed by atoms with Gasteiger partial charge in [-0.25, -0.2) is 4.39 Å². The third-order valence-electron chi connectivity index (χ3n) is 3.16. The van der Waals surface area contributed by atoms with Gasteiger partial charge in [-0.1, -0.05) is 28.1 Å². The fourth-order valence-electron chi connectivity index (χ4n) is 2.21. The molecular weight excluding hydrogens is 333 g/mol. The van der Waals surface area contributed by atoms with Gasteiger partial charge in [-0.05, 0) is 58.8 Å². The van der Waals surface area contributed by atoms with Crippen LogP contribution in [0.4, 0.5) is 10.1 Å². The van der Waals surface area contributed by atoms with Crippen LogP contribution < -0.4 is 10.5 Å².